The Morgan fingerprint density at radius 1 is 1.37 bits per heavy atom. The van der Waals surface area contributed by atoms with Crippen LogP contribution in [0.25, 0.3) is 0 Å². The molecule has 3 N–H and O–H groups in total. The highest BCUT2D eigenvalue weighted by atomic mass is 16.3. The first-order chi connectivity index (χ1) is 9.28. The van der Waals surface area contributed by atoms with Crippen molar-refractivity contribution in [2.24, 2.45) is 0 Å². The van der Waals surface area contributed by atoms with Crippen LogP contribution in [0, 0.1) is 0 Å². The molecule has 1 aromatic carbocycles. The molecule has 104 valence electrons. The lowest BCUT2D eigenvalue weighted by Gasteiger charge is -2.23. The summed E-state index contributed by atoms with van der Waals surface area (Å²) in [7, 11) is 0. The molecule has 0 spiro atoms. The molecule has 4 nitrogen and oxygen atoms in total. The van der Waals surface area contributed by atoms with Crippen LogP contribution in [0.15, 0.2) is 30.3 Å². The van der Waals surface area contributed by atoms with E-state index in [0.29, 0.717) is 6.42 Å². The van der Waals surface area contributed by atoms with Gasteiger partial charge in [-0.3, -0.25) is 4.79 Å². The first-order valence-electron chi connectivity index (χ1n) is 6.95. The lowest BCUT2D eigenvalue weighted by atomic mass is 10.0. The van der Waals surface area contributed by atoms with Crippen molar-refractivity contribution >= 4 is 5.91 Å². The fraction of sp³-hybridized carbons (Fsp3) is 0.533. The monoisotopic (exact) mass is 262 g/mol. The molecule has 1 saturated heterocycles. The number of nitrogens with one attached hydrogen (secondary N) is 2. The van der Waals surface area contributed by atoms with E-state index in [1.54, 1.807) is 0 Å². The van der Waals surface area contributed by atoms with E-state index < -0.39 is 0 Å². The summed E-state index contributed by atoms with van der Waals surface area (Å²) >= 11 is 0. The second kappa shape index (κ2) is 7.26. The zero-order valence-corrected chi connectivity index (χ0v) is 11.1. The van der Waals surface area contributed by atoms with Crippen LogP contribution in [0.1, 0.15) is 24.8 Å². The summed E-state index contributed by atoms with van der Waals surface area (Å²) in [6.07, 6.45) is 3.26. The van der Waals surface area contributed by atoms with Crippen LogP contribution in [-0.4, -0.2) is 36.2 Å². The van der Waals surface area contributed by atoms with E-state index in [0.717, 1.165) is 25.8 Å². The number of hydrogen-bond donors (Lipinski definition) is 3. The molecule has 0 aromatic heterocycles. The minimum atomic E-state index is 0.0123. The van der Waals surface area contributed by atoms with Crippen molar-refractivity contribution in [3.05, 3.63) is 35.9 Å². The molecule has 1 heterocycles. The van der Waals surface area contributed by atoms with Gasteiger partial charge in [0.1, 0.15) is 0 Å². The summed E-state index contributed by atoms with van der Waals surface area (Å²) in [4.78, 5) is 11.5. The summed E-state index contributed by atoms with van der Waals surface area (Å²) in [5, 5.41) is 15.8. The van der Waals surface area contributed by atoms with E-state index in [-0.39, 0.29) is 24.6 Å². The number of rotatable bonds is 5. The Morgan fingerprint density at radius 3 is 2.89 bits per heavy atom. The number of amides is 1. The fourth-order valence-corrected chi connectivity index (χ4v) is 2.52. The van der Waals surface area contributed by atoms with Crippen LogP contribution in [0.2, 0.25) is 0 Å². The molecule has 1 fully saturated rings. The van der Waals surface area contributed by atoms with Crippen molar-refractivity contribution in [2.45, 2.75) is 37.8 Å². The highest BCUT2D eigenvalue weighted by Crippen LogP contribution is 2.09. The molecule has 2 atom stereocenters. The van der Waals surface area contributed by atoms with Gasteiger partial charge in [0.25, 0.3) is 0 Å². The normalized spacial score (nSPS) is 21.5. The van der Waals surface area contributed by atoms with E-state index >= 15 is 0 Å². The van der Waals surface area contributed by atoms with Gasteiger partial charge in [0, 0.05) is 25.0 Å². The van der Waals surface area contributed by atoms with Crippen LogP contribution in [0.4, 0.5) is 0 Å². The molecule has 2 unspecified atom stereocenters. The van der Waals surface area contributed by atoms with Crippen molar-refractivity contribution < 1.29 is 9.90 Å². The van der Waals surface area contributed by atoms with Crippen molar-refractivity contribution in [3.63, 3.8) is 0 Å². The van der Waals surface area contributed by atoms with Gasteiger partial charge in [-0.15, -0.1) is 0 Å². The van der Waals surface area contributed by atoms with Crippen LogP contribution in [0.3, 0.4) is 0 Å². The third-order valence-corrected chi connectivity index (χ3v) is 3.50. The molecular formula is C15H22N2O2. The Morgan fingerprint density at radius 2 is 2.16 bits per heavy atom. The molecule has 0 radical (unpaired) electrons. The third kappa shape index (κ3) is 4.65. The van der Waals surface area contributed by atoms with Gasteiger partial charge in [-0.05, 0) is 24.8 Å². The number of aliphatic hydroxyl groups excluding tert-OH is 1. The van der Waals surface area contributed by atoms with Crippen LogP contribution >= 0.6 is 0 Å². The minimum Gasteiger partial charge on any atom is -0.395 e. The molecular weight excluding hydrogens is 240 g/mol. The molecule has 0 bridgehead atoms. The van der Waals surface area contributed by atoms with Gasteiger partial charge < -0.3 is 15.7 Å². The standard InChI is InChI=1S/C15H22N2O2/c18-11-14(9-12-5-2-1-3-6-12)17-13-7-4-8-16-15(19)10-13/h1-3,5-6,13-14,17-18H,4,7-11H2,(H,16,19). The number of benzene rings is 1. The molecule has 0 aliphatic carbocycles. The maximum Gasteiger partial charge on any atom is 0.221 e. The Labute approximate surface area is 114 Å². The lowest BCUT2D eigenvalue weighted by molar-refractivity contribution is -0.121. The summed E-state index contributed by atoms with van der Waals surface area (Å²) in [6.45, 7) is 0.854. The van der Waals surface area contributed by atoms with Gasteiger partial charge in [-0.2, -0.15) is 0 Å². The number of carbonyl (C=O) groups is 1. The molecule has 1 aliphatic heterocycles. The molecule has 1 aliphatic rings. The first-order valence-corrected chi connectivity index (χ1v) is 6.95. The molecule has 19 heavy (non-hydrogen) atoms. The predicted octanol–water partition coefficient (Wildman–Crippen LogP) is 0.848. The van der Waals surface area contributed by atoms with E-state index in [9.17, 15) is 9.90 Å². The van der Waals surface area contributed by atoms with E-state index in [4.69, 9.17) is 0 Å². The maximum atomic E-state index is 11.5. The van der Waals surface area contributed by atoms with Gasteiger partial charge in [0.05, 0.1) is 6.61 Å². The largest absolute Gasteiger partial charge is 0.395 e. The summed E-state index contributed by atoms with van der Waals surface area (Å²) < 4.78 is 0. The van der Waals surface area contributed by atoms with Crippen LogP contribution in [-0.2, 0) is 11.2 Å². The summed E-state index contributed by atoms with van der Waals surface area (Å²) in [6, 6.07) is 10.3. The molecule has 2 rings (SSSR count). The van der Waals surface area contributed by atoms with Crippen molar-refractivity contribution in [1.29, 1.82) is 0 Å². The SMILES string of the molecule is O=C1CC(NC(CO)Cc2ccccc2)CCCN1. The molecule has 1 aromatic rings. The number of carbonyl (C=O) groups excluding carboxylic acids is 1. The third-order valence-electron chi connectivity index (χ3n) is 3.50. The van der Waals surface area contributed by atoms with Gasteiger partial charge >= 0.3 is 0 Å². The second-order valence-corrected chi connectivity index (χ2v) is 5.13. The average Bonchev–Trinajstić information content (AvgIpc) is 2.63. The van der Waals surface area contributed by atoms with Gasteiger partial charge in [-0.1, -0.05) is 30.3 Å². The van der Waals surface area contributed by atoms with Gasteiger partial charge in [0.2, 0.25) is 5.91 Å². The number of hydrogen-bond acceptors (Lipinski definition) is 3. The minimum absolute atomic E-state index is 0.0123. The first kappa shape index (κ1) is 14.0. The molecule has 0 saturated carbocycles. The smallest absolute Gasteiger partial charge is 0.221 e. The quantitative estimate of drug-likeness (QED) is 0.737. The van der Waals surface area contributed by atoms with Gasteiger partial charge in [0.15, 0.2) is 0 Å². The van der Waals surface area contributed by atoms with Crippen LogP contribution < -0.4 is 10.6 Å². The van der Waals surface area contributed by atoms with E-state index in [1.165, 1.54) is 5.56 Å². The van der Waals surface area contributed by atoms with E-state index in [2.05, 4.69) is 22.8 Å². The summed E-state index contributed by atoms with van der Waals surface area (Å²) in [5.41, 5.74) is 1.20. The van der Waals surface area contributed by atoms with Crippen molar-refractivity contribution in [2.75, 3.05) is 13.2 Å². The molecule has 1 amide bonds. The highest BCUT2D eigenvalue weighted by molar-refractivity contribution is 5.76. The zero-order valence-electron chi connectivity index (χ0n) is 11.1. The molecule has 4 heteroatoms. The van der Waals surface area contributed by atoms with E-state index in [1.807, 2.05) is 18.2 Å². The number of aliphatic hydroxyl groups is 1. The summed E-state index contributed by atoms with van der Waals surface area (Å²) in [5.74, 6) is 0.103. The lowest BCUT2D eigenvalue weighted by Crippen LogP contribution is -2.43. The van der Waals surface area contributed by atoms with Crippen molar-refractivity contribution in [1.82, 2.24) is 10.6 Å². The Balaban J connectivity index is 1.89. The zero-order chi connectivity index (χ0) is 13.5. The average molecular weight is 262 g/mol. The Hall–Kier alpha value is -1.39. The second-order valence-electron chi connectivity index (χ2n) is 5.13. The predicted molar refractivity (Wildman–Crippen MR) is 74.8 cm³/mol. The van der Waals surface area contributed by atoms with Crippen LogP contribution in [0.5, 0.6) is 0 Å². The highest BCUT2D eigenvalue weighted by Gasteiger charge is 2.20. The fourth-order valence-electron chi connectivity index (χ4n) is 2.52. The Bertz CT molecular complexity index is 394. The maximum absolute atomic E-state index is 11.5. The van der Waals surface area contributed by atoms with Crippen molar-refractivity contribution in [3.8, 4) is 0 Å². The van der Waals surface area contributed by atoms with Gasteiger partial charge in [-0.25, -0.2) is 0 Å². The Kier molecular flexibility index (Phi) is 5.36. The topological polar surface area (TPSA) is 61.4 Å².